The third kappa shape index (κ3) is 12.6. The standard InChI is InChI=1S/C9H16O4.K/c1-2-13-9(12)7-5-3-4-6-8(10)11;/h2-7H2,1H3,(H,10,11);/q;+1/p-1. The number of hydrogen-bond donors (Lipinski definition) is 0. The van der Waals surface area contributed by atoms with E-state index in [1.807, 2.05) is 0 Å². The molecule has 0 N–H and O–H groups in total. The number of unbranched alkanes of at least 4 members (excludes halogenated alkanes) is 2. The Bertz CT molecular complexity index is 170. The van der Waals surface area contributed by atoms with Crippen molar-refractivity contribution in [2.75, 3.05) is 6.61 Å². The Balaban J connectivity index is 0. The Kier molecular flexibility index (Phi) is 14.1. The van der Waals surface area contributed by atoms with E-state index in [0.717, 1.165) is 6.42 Å². The van der Waals surface area contributed by atoms with E-state index >= 15 is 0 Å². The summed E-state index contributed by atoms with van der Waals surface area (Å²) in [5.41, 5.74) is 0. The molecule has 0 aliphatic carbocycles. The van der Waals surface area contributed by atoms with E-state index in [1.165, 1.54) is 0 Å². The van der Waals surface area contributed by atoms with Crippen LogP contribution in [0.2, 0.25) is 0 Å². The molecule has 0 rings (SSSR count). The van der Waals surface area contributed by atoms with Crippen LogP contribution in [0.3, 0.4) is 0 Å². The molecule has 0 aliphatic rings. The number of aliphatic carboxylic acids is 1. The van der Waals surface area contributed by atoms with E-state index < -0.39 is 5.97 Å². The van der Waals surface area contributed by atoms with Crippen molar-refractivity contribution in [3.8, 4) is 0 Å². The van der Waals surface area contributed by atoms with E-state index in [9.17, 15) is 14.7 Å². The summed E-state index contributed by atoms with van der Waals surface area (Å²) < 4.78 is 4.70. The molecule has 0 saturated heterocycles. The number of hydrogen-bond acceptors (Lipinski definition) is 4. The van der Waals surface area contributed by atoms with Gasteiger partial charge in [-0.25, -0.2) is 0 Å². The summed E-state index contributed by atoms with van der Waals surface area (Å²) in [7, 11) is 0. The molecule has 76 valence electrons. The van der Waals surface area contributed by atoms with E-state index in [4.69, 9.17) is 4.74 Å². The molecular formula is C9H15KO4. The Morgan fingerprint density at radius 2 is 1.71 bits per heavy atom. The third-order valence-electron chi connectivity index (χ3n) is 1.57. The second kappa shape index (κ2) is 11.7. The first-order valence-electron chi connectivity index (χ1n) is 4.52. The van der Waals surface area contributed by atoms with Gasteiger partial charge in [0.15, 0.2) is 0 Å². The van der Waals surface area contributed by atoms with E-state index in [2.05, 4.69) is 0 Å². The van der Waals surface area contributed by atoms with E-state index in [-0.39, 0.29) is 63.8 Å². The average Bonchev–Trinajstić information content (AvgIpc) is 2.03. The molecule has 0 aromatic heterocycles. The predicted molar refractivity (Wildman–Crippen MR) is 44.7 cm³/mol. The van der Waals surface area contributed by atoms with Crippen LogP contribution < -0.4 is 56.5 Å². The Labute approximate surface area is 127 Å². The molecule has 0 heterocycles. The first kappa shape index (κ1) is 17.0. The number of carbonyl (C=O) groups is 2. The van der Waals surface area contributed by atoms with Gasteiger partial charge in [-0.2, -0.15) is 0 Å². The monoisotopic (exact) mass is 226 g/mol. The second-order valence-corrected chi connectivity index (χ2v) is 2.74. The van der Waals surface area contributed by atoms with Crippen molar-refractivity contribution in [2.45, 2.75) is 39.0 Å². The van der Waals surface area contributed by atoms with Crippen molar-refractivity contribution in [1.82, 2.24) is 0 Å². The number of rotatable bonds is 7. The summed E-state index contributed by atoms with van der Waals surface area (Å²) in [6.45, 7) is 2.16. The van der Waals surface area contributed by atoms with Crippen LogP contribution in [-0.4, -0.2) is 18.5 Å². The van der Waals surface area contributed by atoms with Gasteiger partial charge < -0.3 is 14.6 Å². The fourth-order valence-electron chi connectivity index (χ4n) is 0.949. The predicted octanol–water partition coefficient (Wildman–Crippen LogP) is -2.75. The minimum absolute atomic E-state index is 0. The molecule has 0 saturated carbocycles. The van der Waals surface area contributed by atoms with Crippen LogP contribution in [0.25, 0.3) is 0 Å². The van der Waals surface area contributed by atoms with Crippen molar-refractivity contribution in [3.05, 3.63) is 0 Å². The molecule has 0 fully saturated rings. The summed E-state index contributed by atoms with van der Waals surface area (Å²) in [6, 6.07) is 0. The Morgan fingerprint density at radius 3 is 2.21 bits per heavy atom. The minimum Gasteiger partial charge on any atom is -0.550 e. The van der Waals surface area contributed by atoms with Crippen LogP contribution in [-0.2, 0) is 14.3 Å². The fourth-order valence-corrected chi connectivity index (χ4v) is 0.949. The van der Waals surface area contributed by atoms with Gasteiger partial charge in [0.1, 0.15) is 0 Å². The van der Waals surface area contributed by atoms with Crippen LogP contribution in [0.4, 0.5) is 0 Å². The largest absolute Gasteiger partial charge is 1.00 e. The van der Waals surface area contributed by atoms with Crippen molar-refractivity contribution >= 4 is 11.9 Å². The van der Waals surface area contributed by atoms with Crippen LogP contribution in [0.5, 0.6) is 0 Å². The smallest absolute Gasteiger partial charge is 0.550 e. The van der Waals surface area contributed by atoms with Gasteiger partial charge in [0.25, 0.3) is 0 Å². The van der Waals surface area contributed by atoms with Gasteiger partial charge in [0.05, 0.1) is 6.61 Å². The van der Waals surface area contributed by atoms with Gasteiger partial charge in [-0.1, -0.05) is 6.42 Å². The Hall–Kier alpha value is 0.576. The van der Waals surface area contributed by atoms with Gasteiger partial charge in [0.2, 0.25) is 0 Å². The SMILES string of the molecule is CCOC(=O)CCCCCC(=O)[O-].[K+]. The van der Waals surface area contributed by atoms with Crippen molar-refractivity contribution < 1.29 is 70.8 Å². The number of carboxylic acid groups (broad SMARTS) is 1. The number of carboxylic acids is 1. The molecule has 4 nitrogen and oxygen atoms in total. The molecule has 14 heavy (non-hydrogen) atoms. The van der Waals surface area contributed by atoms with Gasteiger partial charge in [-0.05, 0) is 26.2 Å². The van der Waals surface area contributed by atoms with Crippen molar-refractivity contribution in [3.63, 3.8) is 0 Å². The number of esters is 1. The summed E-state index contributed by atoms with van der Waals surface area (Å²) >= 11 is 0. The Morgan fingerprint density at radius 1 is 1.14 bits per heavy atom. The fraction of sp³-hybridized carbons (Fsp3) is 0.778. The quantitative estimate of drug-likeness (QED) is 0.268. The molecule has 0 amide bonds. The first-order chi connectivity index (χ1) is 6.16. The first-order valence-corrected chi connectivity index (χ1v) is 4.52. The topological polar surface area (TPSA) is 66.4 Å². The molecule has 0 spiro atoms. The van der Waals surface area contributed by atoms with E-state index in [0.29, 0.717) is 25.9 Å². The zero-order valence-electron chi connectivity index (χ0n) is 8.88. The zero-order valence-corrected chi connectivity index (χ0v) is 12.0. The minimum atomic E-state index is -1.03. The maximum Gasteiger partial charge on any atom is 1.00 e. The van der Waals surface area contributed by atoms with Gasteiger partial charge in [-0.3, -0.25) is 4.79 Å². The van der Waals surface area contributed by atoms with Crippen LogP contribution in [0, 0.1) is 0 Å². The molecule has 0 bridgehead atoms. The molecule has 0 atom stereocenters. The van der Waals surface area contributed by atoms with Crippen LogP contribution in [0.15, 0.2) is 0 Å². The average molecular weight is 226 g/mol. The molecule has 5 heteroatoms. The molecule has 0 aromatic rings. The van der Waals surface area contributed by atoms with Gasteiger partial charge >= 0.3 is 57.4 Å². The van der Waals surface area contributed by atoms with Crippen LogP contribution >= 0.6 is 0 Å². The third-order valence-corrected chi connectivity index (χ3v) is 1.57. The second-order valence-electron chi connectivity index (χ2n) is 2.74. The van der Waals surface area contributed by atoms with Gasteiger partial charge in [0, 0.05) is 12.4 Å². The molecule has 0 aromatic carbocycles. The molecule has 0 unspecified atom stereocenters. The summed E-state index contributed by atoms with van der Waals surface area (Å²) in [5.74, 6) is -1.24. The maximum atomic E-state index is 10.8. The molecular weight excluding hydrogens is 211 g/mol. The molecule has 0 radical (unpaired) electrons. The van der Waals surface area contributed by atoms with E-state index in [1.54, 1.807) is 6.92 Å². The normalized spacial score (nSPS) is 8.93. The zero-order chi connectivity index (χ0) is 10.1. The van der Waals surface area contributed by atoms with Crippen molar-refractivity contribution in [2.24, 2.45) is 0 Å². The van der Waals surface area contributed by atoms with Crippen LogP contribution in [0.1, 0.15) is 39.0 Å². The summed E-state index contributed by atoms with van der Waals surface area (Å²) in [6.07, 6.45) is 2.43. The van der Waals surface area contributed by atoms with Crippen molar-refractivity contribution in [1.29, 1.82) is 0 Å². The maximum absolute atomic E-state index is 10.8. The van der Waals surface area contributed by atoms with Gasteiger partial charge in [-0.15, -0.1) is 0 Å². The summed E-state index contributed by atoms with van der Waals surface area (Å²) in [4.78, 5) is 20.8. The summed E-state index contributed by atoms with van der Waals surface area (Å²) in [5, 5.41) is 10.00. The molecule has 0 aliphatic heterocycles. The number of carbonyl (C=O) groups excluding carboxylic acids is 2. The number of ether oxygens (including phenoxy) is 1.